The molecule has 0 saturated carbocycles. The van der Waals surface area contributed by atoms with Crippen LogP contribution in [0.5, 0.6) is 11.6 Å². The van der Waals surface area contributed by atoms with Crippen LogP contribution in [0.25, 0.3) is 0 Å². The molecule has 0 amide bonds. The zero-order valence-electron chi connectivity index (χ0n) is 15.9. The first-order valence-electron chi connectivity index (χ1n) is 9.60. The molecule has 2 aliphatic rings. The molecule has 0 bridgehead atoms. The summed E-state index contributed by atoms with van der Waals surface area (Å²) in [4.78, 5) is 6.86. The maximum absolute atomic E-state index is 6.14. The number of nitrogens with zero attached hydrogens (tertiary/aromatic N) is 5. The molecule has 1 saturated heterocycles. The number of aromatic nitrogens is 2. The average molecular weight is 377 g/mol. The lowest BCUT2D eigenvalue weighted by Gasteiger charge is -2.33. The van der Waals surface area contributed by atoms with Crippen LogP contribution < -0.4 is 14.5 Å². The lowest BCUT2D eigenvalue weighted by molar-refractivity contribution is 0.311. The van der Waals surface area contributed by atoms with E-state index in [1.54, 1.807) is 6.26 Å². The molecule has 0 unspecified atom stereocenters. The normalized spacial score (nSPS) is 16.9. The highest BCUT2D eigenvalue weighted by atomic mass is 16.5. The lowest BCUT2D eigenvalue weighted by Crippen LogP contribution is -2.45. The first kappa shape index (κ1) is 17.1. The third-order valence-electron chi connectivity index (χ3n) is 5.36. The van der Waals surface area contributed by atoms with Crippen molar-refractivity contribution >= 4 is 11.5 Å². The number of likely N-dealkylation sites (N-methyl/N-ethyl adjacent to an activating group) is 1. The lowest BCUT2D eigenvalue weighted by atomic mass is 10.2. The number of hydrogen-bond acceptors (Lipinski definition) is 7. The molecular formula is C21H23N5O2. The Morgan fingerprint density at radius 1 is 1.00 bits per heavy atom. The molecule has 2 aliphatic heterocycles. The molecule has 0 spiro atoms. The summed E-state index contributed by atoms with van der Waals surface area (Å²) >= 11 is 0. The average Bonchev–Trinajstić information content (AvgIpc) is 3.17. The van der Waals surface area contributed by atoms with Gasteiger partial charge in [-0.3, -0.25) is 0 Å². The van der Waals surface area contributed by atoms with E-state index in [1.165, 1.54) is 0 Å². The summed E-state index contributed by atoms with van der Waals surface area (Å²) in [5, 5.41) is 8.92. The number of piperazine rings is 1. The Morgan fingerprint density at radius 2 is 1.86 bits per heavy atom. The van der Waals surface area contributed by atoms with Crippen LogP contribution in [0.15, 0.2) is 53.1 Å². The number of furan rings is 1. The smallest absolute Gasteiger partial charge is 0.262 e. The topological polar surface area (TPSA) is 57.9 Å². The van der Waals surface area contributed by atoms with Gasteiger partial charge >= 0.3 is 0 Å². The van der Waals surface area contributed by atoms with E-state index in [-0.39, 0.29) is 0 Å². The van der Waals surface area contributed by atoms with E-state index in [9.17, 15) is 0 Å². The third kappa shape index (κ3) is 3.29. The Hall–Kier alpha value is -3.06. The van der Waals surface area contributed by atoms with Gasteiger partial charge in [-0.25, -0.2) is 0 Å². The molecule has 28 heavy (non-hydrogen) atoms. The highest BCUT2D eigenvalue weighted by Gasteiger charge is 2.25. The summed E-state index contributed by atoms with van der Waals surface area (Å²) in [5.41, 5.74) is 2.06. The van der Waals surface area contributed by atoms with Crippen LogP contribution in [0.2, 0.25) is 0 Å². The van der Waals surface area contributed by atoms with E-state index in [4.69, 9.17) is 9.15 Å². The summed E-state index contributed by atoms with van der Waals surface area (Å²) < 4.78 is 11.7. The van der Waals surface area contributed by atoms with E-state index in [2.05, 4.69) is 44.1 Å². The number of ether oxygens (including phenoxy) is 1. The van der Waals surface area contributed by atoms with Crippen molar-refractivity contribution in [2.45, 2.75) is 13.1 Å². The Balaban J connectivity index is 1.52. The monoisotopic (exact) mass is 377 g/mol. The van der Waals surface area contributed by atoms with Crippen LogP contribution in [0.4, 0.5) is 11.5 Å². The quantitative estimate of drug-likeness (QED) is 0.695. The van der Waals surface area contributed by atoms with Gasteiger partial charge in [0, 0.05) is 44.4 Å². The van der Waals surface area contributed by atoms with Gasteiger partial charge < -0.3 is 23.9 Å². The van der Waals surface area contributed by atoms with Crippen LogP contribution in [0.3, 0.4) is 0 Å². The number of benzene rings is 1. The Labute approximate surface area is 164 Å². The predicted molar refractivity (Wildman–Crippen MR) is 107 cm³/mol. The molecule has 1 fully saturated rings. The highest BCUT2D eigenvalue weighted by molar-refractivity contribution is 5.64. The number of fused-ring (bicyclic) bond motifs is 2. The van der Waals surface area contributed by atoms with Gasteiger partial charge in [0.25, 0.3) is 5.88 Å². The van der Waals surface area contributed by atoms with Crippen molar-refractivity contribution in [3.63, 3.8) is 0 Å². The molecule has 3 aromatic rings. The molecule has 1 aromatic carbocycles. The minimum absolute atomic E-state index is 0.536. The van der Waals surface area contributed by atoms with Crippen LogP contribution in [0.1, 0.15) is 11.3 Å². The Morgan fingerprint density at radius 3 is 2.68 bits per heavy atom. The van der Waals surface area contributed by atoms with Crippen LogP contribution in [-0.4, -0.2) is 48.3 Å². The van der Waals surface area contributed by atoms with E-state index < -0.39 is 0 Å². The second kappa shape index (κ2) is 7.16. The van der Waals surface area contributed by atoms with E-state index in [1.807, 2.05) is 30.3 Å². The molecule has 5 rings (SSSR count). The number of hydrogen-bond donors (Lipinski definition) is 0. The van der Waals surface area contributed by atoms with Crippen LogP contribution in [0, 0.1) is 0 Å². The molecule has 7 nitrogen and oxygen atoms in total. The second-order valence-electron chi connectivity index (χ2n) is 7.33. The fourth-order valence-electron chi connectivity index (χ4n) is 3.71. The summed E-state index contributed by atoms with van der Waals surface area (Å²) in [5.74, 6) is 3.16. The molecular weight excluding hydrogens is 354 g/mol. The van der Waals surface area contributed by atoms with Gasteiger partial charge in [0.15, 0.2) is 5.82 Å². The van der Waals surface area contributed by atoms with E-state index in [0.717, 1.165) is 61.3 Å². The van der Waals surface area contributed by atoms with Gasteiger partial charge in [0.05, 0.1) is 12.8 Å². The maximum atomic E-state index is 6.14. The zero-order chi connectivity index (χ0) is 18.9. The Kier molecular flexibility index (Phi) is 4.37. The van der Waals surface area contributed by atoms with Crippen molar-refractivity contribution in [3.8, 4) is 11.6 Å². The molecule has 0 aliphatic carbocycles. The summed E-state index contributed by atoms with van der Waals surface area (Å²) in [6, 6.07) is 14.1. The van der Waals surface area contributed by atoms with Crippen molar-refractivity contribution < 1.29 is 9.15 Å². The van der Waals surface area contributed by atoms with Gasteiger partial charge in [0.1, 0.15) is 17.2 Å². The molecule has 144 valence electrons. The second-order valence-corrected chi connectivity index (χ2v) is 7.33. The van der Waals surface area contributed by atoms with Gasteiger partial charge in [0.2, 0.25) is 0 Å². The molecule has 0 radical (unpaired) electrons. The van der Waals surface area contributed by atoms with Crippen molar-refractivity contribution in [3.05, 3.63) is 60.1 Å². The fourth-order valence-corrected chi connectivity index (χ4v) is 3.71. The van der Waals surface area contributed by atoms with Gasteiger partial charge in [-0.05, 0) is 25.2 Å². The number of rotatable bonds is 3. The third-order valence-corrected chi connectivity index (χ3v) is 5.36. The minimum Gasteiger partial charge on any atom is -0.467 e. The largest absolute Gasteiger partial charge is 0.467 e. The van der Waals surface area contributed by atoms with E-state index >= 15 is 0 Å². The molecule has 0 N–H and O–H groups in total. The SMILES string of the molecule is CN1CCN(c2cc3c(nn2)Oc2ccccc2CN3Cc2ccco2)CC1. The van der Waals surface area contributed by atoms with Crippen LogP contribution in [-0.2, 0) is 13.1 Å². The van der Waals surface area contributed by atoms with Gasteiger partial charge in [-0.15, -0.1) is 10.2 Å². The summed E-state index contributed by atoms with van der Waals surface area (Å²) in [6.07, 6.45) is 1.71. The molecule has 0 atom stereocenters. The summed E-state index contributed by atoms with van der Waals surface area (Å²) in [7, 11) is 2.15. The fraction of sp³-hybridized carbons (Fsp3) is 0.333. The zero-order valence-corrected chi connectivity index (χ0v) is 15.9. The van der Waals surface area contributed by atoms with Gasteiger partial charge in [-0.2, -0.15) is 0 Å². The molecule has 7 heteroatoms. The van der Waals surface area contributed by atoms with E-state index in [0.29, 0.717) is 12.4 Å². The minimum atomic E-state index is 0.536. The number of anilines is 2. The highest BCUT2D eigenvalue weighted by Crippen LogP contribution is 2.39. The standard InChI is InChI=1S/C21H23N5O2/c1-24-8-10-25(11-9-24)20-13-18-21(23-22-20)28-19-7-3-2-5-16(19)14-26(18)15-17-6-4-12-27-17/h2-7,12-13H,8-11,14-15H2,1H3. The summed E-state index contributed by atoms with van der Waals surface area (Å²) in [6.45, 7) is 5.31. The van der Waals surface area contributed by atoms with Crippen LogP contribution >= 0.6 is 0 Å². The van der Waals surface area contributed by atoms with Crippen molar-refractivity contribution in [1.82, 2.24) is 15.1 Å². The maximum Gasteiger partial charge on any atom is 0.262 e. The van der Waals surface area contributed by atoms with Crippen molar-refractivity contribution in [1.29, 1.82) is 0 Å². The predicted octanol–water partition coefficient (Wildman–Crippen LogP) is 3.13. The van der Waals surface area contributed by atoms with Crippen molar-refractivity contribution in [2.75, 3.05) is 43.0 Å². The first-order chi connectivity index (χ1) is 13.8. The Bertz CT molecular complexity index is 951. The number of para-hydroxylation sites is 1. The van der Waals surface area contributed by atoms with Crippen molar-refractivity contribution in [2.24, 2.45) is 0 Å². The van der Waals surface area contributed by atoms with Gasteiger partial charge in [-0.1, -0.05) is 18.2 Å². The molecule has 4 heterocycles. The first-order valence-corrected chi connectivity index (χ1v) is 9.60. The molecule has 2 aromatic heterocycles.